The number of amides is 3. The molecule has 9 nitrogen and oxygen atoms in total. The standard InChI is InChI=1S/C26H20F5N5O4/c1-12(33-16(37)11-40-23-20(30)18(28)17(27)19(29)21(23)31)25(38)35-24-26(39)36(2)15-9-4-3-7-13(15)22(34-24)14-8-5-6-10-32-14/h3-10,12,24H,11H2,1-2H3,(H,33,37)(H,35,38)/t12-,24?/m0/s1. The lowest BCUT2D eigenvalue weighted by Crippen LogP contribution is -2.52. The maximum atomic E-state index is 13.8. The van der Waals surface area contributed by atoms with Gasteiger partial charge in [0.25, 0.3) is 11.8 Å². The van der Waals surface area contributed by atoms with Crippen molar-refractivity contribution in [2.75, 3.05) is 18.6 Å². The van der Waals surface area contributed by atoms with Gasteiger partial charge < -0.3 is 20.3 Å². The highest BCUT2D eigenvalue weighted by Crippen LogP contribution is 2.29. The highest BCUT2D eigenvalue weighted by atomic mass is 19.2. The summed E-state index contributed by atoms with van der Waals surface area (Å²) in [6.07, 6.45) is 0.113. The van der Waals surface area contributed by atoms with E-state index in [4.69, 9.17) is 0 Å². The van der Waals surface area contributed by atoms with Crippen molar-refractivity contribution in [1.82, 2.24) is 15.6 Å². The SMILES string of the molecule is C[C@H](NC(=O)COc1c(F)c(F)c(F)c(F)c1F)C(=O)NC1N=C(c2ccccn2)c2ccccc2N(C)C1=O. The monoisotopic (exact) mass is 561 g/mol. The number of nitrogens with zero attached hydrogens (tertiary/aromatic N) is 3. The summed E-state index contributed by atoms with van der Waals surface area (Å²) in [5.74, 6) is -15.6. The van der Waals surface area contributed by atoms with Crippen LogP contribution in [0.1, 0.15) is 18.2 Å². The Hall–Kier alpha value is -4.88. The van der Waals surface area contributed by atoms with Crippen LogP contribution in [0.15, 0.2) is 53.7 Å². The van der Waals surface area contributed by atoms with E-state index in [0.29, 0.717) is 22.7 Å². The topological polar surface area (TPSA) is 113 Å². The molecule has 14 heteroatoms. The van der Waals surface area contributed by atoms with E-state index in [-0.39, 0.29) is 0 Å². The lowest BCUT2D eigenvalue weighted by atomic mass is 10.0. The number of pyridine rings is 1. The summed E-state index contributed by atoms with van der Waals surface area (Å²) in [5, 5.41) is 4.58. The van der Waals surface area contributed by atoms with Crippen LogP contribution in [-0.4, -0.2) is 54.3 Å². The number of nitrogens with one attached hydrogen (secondary N) is 2. The van der Waals surface area contributed by atoms with Crippen molar-refractivity contribution in [3.8, 4) is 5.75 Å². The summed E-state index contributed by atoms with van der Waals surface area (Å²) in [6.45, 7) is 0.0486. The lowest BCUT2D eigenvalue weighted by molar-refractivity contribution is -0.131. The Morgan fingerprint density at radius 1 is 0.975 bits per heavy atom. The zero-order valence-electron chi connectivity index (χ0n) is 20.8. The van der Waals surface area contributed by atoms with E-state index in [2.05, 4.69) is 25.3 Å². The fraction of sp³-hybridized carbons (Fsp3) is 0.192. The van der Waals surface area contributed by atoms with Crippen LogP contribution in [0.3, 0.4) is 0 Å². The van der Waals surface area contributed by atoms with Gasteiger partial charge in [-0.1, -0.05) is 24.3 Å². The molecule has 2 aromatic carbocycles. The third-order valence-corrected chi connectivity index (χ3v) is 5.82. The van der Waals surface area contributed by atoms with Crippen molar-refractivity contribution < 1.29 is 41.1 Å². The van der Waals surface area contributed by atoms with Crippen LogP contribution in [-0.2, 0) is 14.4 Å². The lowest BCUT2D eigenvalue weighted by Gasteiger charge is -2.22. The van der Waals surface area contributed by atoms with Crippen molar-refractivity contribution in [2.45, 2.75) is 19.1 Å². The summed E-state index contributed by atoms with van der Waals surface area (Å²) in [7, 11) is 1.50. The summed E-state index contributed by atoms with van der Waals surface area (Å²) in [5.41, 5.74) is 1.86. The number of likely N-dealkylation sites (N-methyl/N-ethyl adjacent to an activating group) is 1. The molecule has 3 aromatic rings. The van der Waals surface area contributed by atoms with E-state index in [9.17, 15) is 36.3 Å². The van der Waals surface area contributed by atoms with Crippen molar-refractivity contribution in [2.24, 2.45) is 4.99 Å². The van der Waals surface area contributed by atoms with Crippen LogP contribution >= 0.6 is 0 Å². The van der Waals surface area contributed by atoms with Crippen LogP contribution in [0.25, 0.3) is 0 Å². The molecule has 0 fully saturated rings. The first-order chi connectivity index (χ1) is 19.0. The molecule has 1 aromatic heterocycles. The number of carbonyl (C=O) groups excluding carboxylic acids is 3. The molecule has 0 bridgehead atoms. The van der Waals surface area contributed by atoms with Gasteiger partial charge in [0, 0.05) is 18.8 Å². The van der Waals surface area contributed by atoms with Gasteiger partial charge in [0.05, 0.1) is 17.1 Å². The average Bonchev–Trinajstić information content (AvgIpc) is 3.06. The zero-order valence-corrected chi connectivity index (χ0v) is 20.8. The number of anilines is 1. The summed E-state index contributed by atoms with van der Waals surface area (Å²) < 4.78 is 71.9. The molecule has 0 radical (unpaired) electrons. The van der Waals surface area contributed by atoms with Crippen molar-refractivity contribution in [3.63, 3.8) is 0 Å². The van der Waals surface area contributed by atoms with Gasteiger partial charge in [0.1, 0.15) is 6.04 Å². The van der Waals surface area contributed by atoms with Crippen molar-refractivity contribution in [3.05, 3.63) is 89.0 Å². The number of para-hydroxylation sites is 1. The molecule has 2 atom stereocenters. The number of benzodiazepines with no additional fused rings is 1. The molecule has 0 saturated carbocycles. The molecule has 0 aliphatic carbocycles. The summed E-state index contributed by atoms with van der Waals surface area (Å²) in [4.78, 5) is 48.3. The maximum absolute atomic E-state index is 13.8. The minimum Gasteiger partial charge on any atom is -0.477 e. The van der Waals surface area contributed by atoms with Crippen LogP contribution in [0.5, 0.6) is 5.75 Å². The molecule has 2 N–H and O–H groups in total. The zero-order chi connectivity index (χ0) is 29.1. The first kappa shape index (κ1) is 28.1. The average molecular weight is 561 g/mol. The molecule has 1 aliphatic rings. The van der Waals surface area contributed by atoms with Gasteiger partial charge in [-0.3, -0.25) is 19.4 Å². The molecule has 40 heavy (non-hydrogen) atoms. The fourth-order valence-corrected chi connectivity index (χ4v) is 3.78. The van der Waals surface area contributed by atoms with Gasteiger partial charge in [0.2, 0.25) is 41.2 Å². The number of rotatable bonds is 7. The van der Waals surface area contributed by atoms with Gasteiger partial charge in [-0.05, 0) is 25.1 Å². The number of benzene rings is 2. The Bertz CT molecular complexity index is 1490. The van der Waals surface area contributed by atoms with Gasteiger partial charge in [-0.25, -0.2) is 18.2 Å². The van der Waals surface area contributed by atoms with E-state index in [1.165, 1.54) is 25.1 Å². The van der Waals surface area contributed by atoms with Crippen LogP contribution in [0, 0.1) is 29.1 Å². The maximum Gasteiger partial charge on any atom is 0.272 e. The fourth-order valence-electron chi connectivity index (χ4n) is 3.78. The largest absolute Gasteiger partial charge is 0.477 e. The second-order valence-corrected chi connectivity index (χ2v) is 8.50. The smallest absolute Gasteiger partial charge is 0.272 e. The molecule has 2 heterocycles. The van der Waals surface area contributed by atoms with Crippen molar-refractivity contribution in [1.29, 1.82) is 0 Å². The number of hydrogen-bond donors (Lipinski definition) is 2. The Balaban J connectivity index is 1.48. The first-order valence-electron chi connectivity index (χ1n) is 11.6. The Labute approximate surface area is 223 Å². The van der Waals surface area contributed by atoms with E-state index in [1.807, 2.05) is 0 Å². The third-order valence-electron chi connectivity index (χ3n) is 5.82. The minimum absolute atomic E-state index is 0.326. The highest BCUT2D eigenvalue weighted by molar-refractivity contribution is 6.19. The van der Waals surface area contributed by atoms with Gasteiger partial charge >= 0.3 is 0 Å². The van der Waals surface area contributed by atoms with Crippen LogP contribution < -0.4 is 20.3 Å². The molecule has 1 unspecified atom stereocenters. The van der Waals surface area contributed by atoms with Gasteiger partial charge in [-0.15, -0.1) is 0 Å². The molecular weight excluding hydrogens is 541 g/mol. The Morgan fingerprint density at radius 2 is 1.60 bits per heavy atom. The number of fused-ring (bicyclic) bond motifs is 1. The minimum atomic E-state index is -2.38. The molecule has 1 aliphatic heterocycles. The normalized spacial score (nSPS) is 15.5. The number of aliphatic imine (C=N–C) groups is 1. The molecule has 0 saturated heterocycles. The van der Waals surface area contributed by atoms with Crippen molar-refractivity contribution >= 4 is 29.1 Å². The molecular formula is C26H20F5N5O4. The van der Waals surface area contributed by atoms with Gasteiger partial charge in [-0.2, -0.15) is 8.78 Å². The second kappa shape index (κ2) is 11.5. The summed E-state index contributed by atoms with van der Waals surface area (Å²) >= 11 is 0. The predicted molar refractivity (Wildman–Crippen MR) is 131 cm³/mol. The number of aromatic nitrogens is 1. The molecule has 3 amide bonds. The third kappa shape index (κ3) is 5.46. The van der Waals surface area contributed by atoms with E-state index >= 15 is 0 Å². The molecule has 0 spiro atoms. The highest BCUT2D eigenvalue weighted by Gasteiger charge is 2.33. The number of halogens is 5. The predicted octanol–water partition coefficient (Wildman–Crippen LogP) is 2.62. The quantitative estimate of drug-likeness (QED) is 0.262. The molecule has 208 valence electrons. The number of hydrogen-bond acceptors (Lipinski definition) is 6. The Kier molecular flexibility index (Phi) is 8.07. The molecule has 4 rings (SSSR count). The second-order valence-electron chi connectivity index (χ2n) is 8.50. The van der Waals surface area contributed by atoms with E-state index in [1.54, 1.807) is 42.5 Å². The number of carbonyl (C=O) groups is 3. The first-order valence-corrected chi connectivity index (χ1v) is 11.6. The van der Waals surface area contributed by atoms with Crippen LogP contribution in [0.2, 0.25) is 0 Å². The van der Waals surface area contributed by atoms with Crippen LogP contribution in [0.4, 0.5) is 27.6 Å². The number of ether oxygens (including phenoxy) is 1. The van der Waals surface area contributed by atoms with Gasteiger partial charge in [0.15, 0.2) is 12.4 Å². The van der Waals surface area contributed by atoms with E-state index < -0.39 is 71.4 Å². The summed E-state index contributed by atoms with van der Waals surface area (Å²) in [6, 6.07) is 10.7. The van der Waals surface area contributed by atoms with E-state index in [0.717, 1.165) is 0 Å². The Morgan fingerprint density at radius 3 is 2.25 bits per heavy atom.